The molecule has 0 bridgehead atoms. The van der Waals surface area contributed by atoms with Gasteiger partial charge in [0.05, 0.1) is 17.4 Å². The molecule has 1 atom stereocenters. The van der Waals surface area contributed by atoms with Gasteiger partial charge < -0.3 is 5.32 Å². The van der Waals surface area contributed by atoms with Crippen LogP contribution in [0.5, 0.6) is 0 Å². The molecular weight excluding hydrogens is 238 g/mol. The van der Waals surface area contributed by atoms with Crippen LogP contribution >= 0.6 is 0 Å². The second-order valence-electron chi connectivity index (χ2n) is 4.55. The van der Waals surface area contributed by atoms with Crippen molar-refractivity contribution in [1.29, 1.82) is 0 Å². The maximum atomic E-state index is 4.49. The van der Waals surface area contributed by atoms with Crippen molar-refractivity contribution in [2.75, 3.05) is 6.54 Å². The molecule has 5 nitrogen and oxygen atoms in total. The molecule has 0 aliphatic carbocycles. The number of likely N-dealkylation sites (N-methyl/N-ethyl adjacent to an activating group) is 1. The number of hydrogen-bond acceptors (Lipinski definition) is 4. The van der Waals surface area contributed by atoms with Crippen LogP contribution in [0.15, 0.2) is 24.7 Å². The molecule has 0 aliphatic heterocycles. The lowest BCUT2D eigenvalue weighted by molar-refractivity contribution is 0.516. The number of nitrogens with zero attached hydrogens (tertiary/aromatic N) is 4. The van der Waals surface area contributed by atoms with E-state index < -0.39 is 0 Å². The Bertz CT molecular complexity index is 506. The largest absolute Gasteiger partial charge is 0.309 e. The molecule has 0 saturated heterocycles. The normalized spacial score (nSPS) is 12.6. The predicted molar refractivity (Wildman–Crippen MR) is 74.7 cm³/mol. The number of hydrogen-bond donors (Lipinski definition) is 1. The van der Waals surface area contributed by atoms with E-state index in [1.54, 1.807) is 12.5 Å². The third-order valence-corrected chi connectivity index (χ3v) is 3.22. The van der Waals surface area contributed by atoms with Gasteiger partial charge in [-0.05, 0) is 25.1 Å². The third kappa shape index (κ3) is 3.38. The van der Waals surface area contributed by atoms with Crippen LogP contribution in [0.2, 0.25) is 0 Å². The molecule has 2 rings (SSSR count). The first-order valence-electron chi connectivity index (χ1n) is 6.75. The maximum Gasteiger partial charge on any atom is 0.115 e. The summed E-state index contributed by atoms with van der Waals surface area (Å²) >= 11 is 0. The van der Waals surface area contributed by atoms with Crippen molar-refractivity contribution in [1.82, 2.24) is 25.1 Å². The molecule has 0 amide bonds. The summed E-state index contributed by atoms with van der Waals surface area (Å²) in [6.07, 6.45) is 5.23. The molecule has 19 heavy (non-hydrogen) atoms. The van der Waals surface area contributed by atoms with Gasteiger partial charge in [-0.15, -0.1) is 0 Å². The van der Waals surface area contributed by atoms with Crippen LogP contribution in [0.25, 0.3) is 0 Å². The van der Waals surface area contributed by atoms with Gasteiger partial charge in [0.2, 0.25) is 0 Å². The first-order valence-corrected chi connectivity index (χ1v) is 6.75. The van der Waals surface area contributed by atoms with Crippen LogP contribution in [-0.2, 0) is 19.9 Å². The van der Waals surface area contributed by atoms with E-state index in [-0.39, 0.29) is 6.04 Å². The van der Waals surface area contributed by atoms with Gasteiger partial charge in [0.25, 0.3) is 0 Å². The fourth-order valence-corrected chi connectivity index (χ4v) is 2.18. The van der Waals surface area contributed by atoms with Crippen molar-refractivity contribution in [3.63, 3.8) is 0 Å². The van der Waals surface area contributed by atoms with Crippen molar-refractivity contribution in [2.45, 2.75) is 32.7 Å². The monoisotopic (exact) mass is 259 g/mol. The highest BCUT2D eigenvalue weighted by molar-refractivity contribution is 5.15. The molecule has 0 radical (unpaired) electrons. The molecule has 2 aromatic heterocycles. The highest BCUT2D eigenvalue weighted by atomic mass is 15.3. The van der Waals surface area contributed by atoms with Crippen LogP contribution in [-0.4, -0.2) is 26.3 Å². The number of rotatable bonds is 6. The Balaban J connectivity index is 2.18. The summed E-state index contributed by atoms with van der Waals surface area (Å²) in [6, 6.07) is 4.34. The van der Waals surface area contributed by atoms with Crippen molar-refractivity contribution in [3.05, 3.63) is 41.7 Å². The molecule has 0 aliphatic rings. The van der Waals surface area contributed by atoms with Gasteiger partial charge in [-0.3, -0.25) is 4.68 Å². The van der Waals surface area contributed by atoms with Crippen LogP contribution in [0.1, 0.15) is 37.0 Å². The second-order valence-corrected chi connectivity index (χ2v) is 4.55. The Morgan fingerprint density at radius 3 is 2.79 bits per heavy atom. The summed E-state index contributed by atoms with van der Waals surface area (Å²) in [7, 11) is 2.00. The fourth-order valence-electron chi connectivity index (χ4n) is 2.18. The summed E-state index contributed by atoms with van der Waals surface area (Å²) in [4.78, 5) is 8.32. The third-order valence-electron chi connectivity index (χ3n) is 3.22. The van der Waals surface area contributed by atoms with E-state index in [1.165, 1.54) is 5.69 Å². The Morgan fingerprint density at radius 1 is 1.37 bits per heavy atom. The topological polar surface area (TPSA) is 55.6 Å². The van der Waals surface area contributed by atoms with E-state index in [0.29, 0.717) is 0 Å². The van der Waals surface area contributed by atoms with E-state index in [2.05, 4.69) is 40.3 Å². The number of aryl methyl sites for hydroxylation is 2. The highest BCUT2D eigenvalue weighted by Crippen LogP contribution is 2.16. The van der Waals surface area contributed by atoms with Crippen LogP contribution in [0, 0.1) is 0 Å². The average molecular weight is 259 g/mol. The van der Waals surface area contributed by atoms with Gasteiger partial charge in [0.1, 0.15) is 6.33 Å². The Morgan fingerprint density at radius 2 is 2.21 bits per heavy atom. The lowest BCUT2D eigenvalue weighted by atomic mass is 10.1. The van der Waals surface area contributed by atoms with Gasteiger partial charge in [0, 0.05) is 25.4 Å². The van der Waals surface area contributed by atoms with E-state index in [1.807, 2.05) is 17.8 Å². The van der Waals surface area contributed by atoms with Gasteiger partial charge in [-0.1, -0.05) is 13.8 Å². The molecule has 2 aromatic rings. The summed E-state index contributed by atoms with van der Waals surface area (Å²) in [5.41, 5.74) is 3.38. The fraction of sp³-hybridized carbons (Fsp3) is 0.500. The number of nitrogens with one attached hydrogen (secondary N) is 1. The quantitative estimate of drug-likeness (QED) is 0.857. The summed E-state index contributed by atoms with van der Waals surface area (Å²) in [5.74, 6) is 0. The predicted octanol–water partition coefficient (Wildman–Crippen LogP) is 1.67. The minimum absolute atomic E-state index is 0.202. The summed E-state index contributed by atoms with van der Waals surface area (Å²) in [5, 5.41) is 7.96. The van der Waals surface area contributed by atoms with Crippen molar-refractivity contribution >= 4 is 0 Å². The molecular formula is C14H21N5. The zero-order valence-corrected chi connectivity index (χ0v) is 11.8. The molecule has 0 fully saturated rings. The van der Waals surface area contributed by atoms with Crippen molar-refractivity contribution < 1.29 is 0 Å². The Labute approximate surface area is 114 Å². The Hall–Kier alpha value is -1.75. The zero-order chi connectivity index (χ0) is 13.7. The smallest absolute Gasteiger partial charge is 0.115 e. The SMILES string of the molecule is CCNC(Cc1cc(CC)nn1C)c1ccncn1. The van der Waals surface area contributed by atoms with Crippen molar-refractivity contribution in [2.24, 2.45) is 7.05 Å². The molecule has 1 unspecified atom stereocenters. The first-order chi connectivity index (χ1) is 9.24. The molecule has 102 valence electrons. The Kier molecular flexibility index (Phi) is 4.63. The molecule has 5 heteroatoms. The van der Waals surface area contributed by atoms with Crippen LogP contribution < -0.4 is 5.32 Å². The summed E-state index contributed by atoms with van der Waals surface area (Å²) in [6.45, 7) is 5.14. The van der Waals surface area contributed by atoms with Gasteiger partial charge in [-0.25, -0.2) is 9.97 Å². The molecule has 0 spiro atoms. The molecule has 2 heterocycles. The lowest BCUT2D eigenvalue weighted by Crippen LogP contribution is -2.24. The number of aromatic nitrogens is 4. The van der Waals surface area contributed by atoms with Crippen LogP contribution in [0.4, 0.5) is 0 Å². The highest BCUT2D eigenvalue weighted by Gasteiger charge is 2.15. The van der Waals surface area contributed by atoms with E-state index >= 15 is 0 Å². The lowest BCUT2D eigenvalue weighted by Gasteiger charge is -2.17. The van der Waals surface area contributed by atoms with Gasteiger partial charge in [0.15, 0.2) is 0 Å². The van der Waals surface area contributed by atoms with Gasteiger partial charge >= 0.3 is 0 Å². The molecule has 1 N–H and O–H groups in total. The standard InChI is InChI=1S/C14H21N5/c1-4-11-8-12(19(3)18-11)9-14(16-5-2)13-6-7-15-10-17-13/h6-8,10,14,16H,4-5,9H2,1-3H3. The van der Waals surface area contributed by atoms with E-state index in [9.17, 15) is 0 Å². The second kappa shape index (κ2) is 6.43. The summed E-state index contributed by atoms with van der Waals surface area (Å²) < 4.78 is 1.96. The van der Waals surface area contributed by atoms with E-state index in [0.717, 1.165) is 30.8 Å². The zero-order valence-electron chi connectivity index (χ0n) is 11.8. The molecule has 0 saturated carbocycles. The average Bonchev–Trinajstić information content (AvgIpc) is 2.80. The van der Waals surface area contributed by atoms with Gasteiger partial charge in [-0.2, -0.15) is 5.10 Å². The minimum Gasteiger partial charge on any atom is -0.309 e. The van der Waals surface area contributed by atoms with Crippen LogP contribution in [0.3, 0.4) is 0 Å². The molecule has 0 aromatic carbocycles. The minimum atomic E-state index is 0.202. The first kappa shape index (κ1) is 13.7. The van der Waals surface area contributed by atoms with Crippen molar-refractivity contribution in [3.8, 4) is 0 Å². The maximum absolute atomic E-state index is 4.49. The van der Waals surface area contributed by atoms with E-state index in [4.69, 9.17) is 0 Å².